The minimum Gasteiger partial charge on any atom is -0.353 e. The number of nitrogens with one attached hydrogen (secondary N) is 1. The van der Waals surface area contributed by atoms with Gasteiger partial charge in [-0.3, -0.25) is 4.79 Å². The van der Waals surface area contributed by atoms with Gasteiger partial charge in [0.05, 0.1) is 12.1 Å². The van der Waals surface area contributed by atoms with Gasteiger partial charge in [-0.1, -0.05) is 0 Å². The second-order valence-corrected chi connectivity index (χ2v) is 6.88. The van der Waals surface area contributed by atoms with E-state index in [0.29, 0.717) is 18.3 Å². The molecule has 0 aliphatic heterocycles. The molecule has 2 heterocycles. The summed E-state index contributed by atoms with van der Waals surface area (Å²) < 4.78 is 1.74. The first-order valence-corrected chi connectivity index (χ1v) is 8.52. The van der Waals surface area contributed by atoms with E-state index in [9.17, 15) is 4.79 Å². The van der Waals surface area contributed by atoms with E-state index in [1.54, 1.807) is 4.68 Å². The van der Waals surface area contributed by atoms with Crippen LogP contribution in [-0.4, -0.2) is 31.7 Å². The number of carbonyl (C=O) groups is 1. The first-order chi connectivity index (χ1) is 11.3. The van der Waals surface area contributed by atoms with Crippen molar-refractivity contribution in [1.29, 1.82) is 0 Å². The summed E-state index contributed by atoms with van der Waals surface area (Å²) in [7, 11) is 0. The standard InChI is InChI=1S/C18H25N5O/c1-10-8-11(2)20-18(19-10)23-14(5)16(13(4)22-23)9-17(24)21-12(3)15-6-7-15/h8,12,15H,6-7,9H2,1-5H3,(H,21,24)/t12-/m1/s1. The molecule has 0 aromatic carbocycles. The van der Waals surface area contributed by atoms with Crippen LogP contribution in [0.15, 0.2) is 6.07 Å². The van der Waals surface area contributed by atoms with E-state index in [0.717, 1.165) is 28.3 Å². The molecule has 1 amide bonds. The molecule has 1 saturated carbocycles. The molecular formula is C18H25N5O. The zero-order chi connectivity index (χ0) is 17.4. The molecule has 3 rings (SSSR count). The molecule has 6 heteroatoms. The number of amides is 1. The van der Waals surface area contributed by atoms with Gasteiger partial charge in [0.25, 0.3) is 5.95 Å². The molecule has 0 radical (unpaired) electrons. The molecule has 1 aliphatic rings. The molecule has 0 saturated heterocycles. The van der Waals surface area contributed by atoms with Crippen LogP contribution in [0.1, 0.15) is 48.1 Å². The molecule has 24 heavy (non-hydrogen) atoms. The molecule has 2 aromatic rings. The number of nitrogens with zero attached hydrogens (tertiary/aromatic N) is 4. The Balaban J connectivity index is 1.82. The van der Waals surface area contributed by atoms with Crippen LogP contribution in [0.3, 0.4) is 0 Å². The third-order valence-electron chi connectivity index (χ3n) is 4.66. The van der Waals surface area contributed by atoms with Crippen LogP contribution in [0, 0.1) is 33.6 Å². The first-order valence-electron chi connectivity index (χ1n) is 8.52. The lowest BCUT2D eigenvalue weighted by Gasteiger charge is -2.12. The van der Waals surface area contributed by atoms with Gasteiger partial charge in [0, 0.05) is 28.7 Å². The number of aromatic nitrogens is 4. The third-order valence-corrected chi connectivity index (χ3v) is 4.66. The number of hydrogen-bond acceptors (Lipinski definition) is 4. The third kappa shape index (κ3) is 3.47. The quantitative estimate of drug-likeness (QED) is 0.915. The fraction of sp³-hybridized carbons (Fsp3) is 0.556. The number of hydrogen-bond donors (Lipinski definition) is 1. The summed E-state index contributed by atoms with van der Waals surface area (Å²) in [4.78, 5) is 21.3. The molecular weight excluding hydrogens is 302 g/mol. The van der Waals surface area contributed by atoms with Crippen molar-refractivity contribution in [2.75, 3.05) is 0 Å². The van der Waals surface area contributed by atoms with Crippen molar-refractivity contribution in [3.05, 3.63) is 34.4 Å². The maximum absolute atomic E-state index is 12.3. The lowest BCUT2D eigenvalue weighted by molar-refractivity contribution is -0.121. The zero-order valence-corrected chi connectivity index (χ0v) is 15.1. The molecule has 1 N–H and O–H groups in total. The molecule has 1 fully saturated rings. The van der Waals surface area contributed by atoms with Gasteiger partial charge in [0.15, 0.2) is 0 Å². The molecule has 128 valence electrons. The lowest BCUT2D eigenvalue weighted by atomic mass is 10.1. The van der Waals surface area contributed by atoms with Crippen LogP contribution >= 0.6 is 0 Å². The fourth-order valence-electron chi connectivity index (χ4n) is 3.11. The van der Waals surface area contributed by atoms with Gasteiger partial charge in [0.1, 0.15) is 0 Å². The molecule has 0 unspecified atom stereocenters. The Morgan fingerprint density at radius 3 is 2.46 bits per heavy atom. The largest absolute Gasteiger partial charge is 0.353 e. The van der Waals surface area contributed by atoms with Crippen molar-refractivity contribution in [3.63, 3.8) is 0 Å². The van der Waals surface area contributed by atoms with Gasteiger partial charge >= 0.3 is 0 Å². The molecule has 0 bridgehead atoms. The van der Waals surface area contributed by atoms with Crippen molar-refractivity contribution in [2.24, 2.45) is 5.92 Å². The molecule has 1 aliphatic carbocycles. The van der Waals surface area contributed by atoms with Crippen molar-refractivity contribution in [3.8, 4) is 5.95 Å². The van der Waals surface area contributed by atoms with Gasteiger partial charge in [-0.2, -0.15) is 5.10 Å². The van der Waals surface area contributed by atoms with Gasteiger partial charge in [-0.25, -0.2) is 14.6 Å². The Hall–Kier alpha value is -2.24. The van der Waals surface area contributed by atoms with Crippen LogP contribution in [0.5, 0.6) is 0 Å². The van der Waals surface area contributed by atoms with E-state index in [2.05, 4.69) is 27.3 Å². The zero-order valence-electron chi connectivity index (χ0n) is 15.1. The van der Waals surface area contributed by atoms with Gasteiger partial charge < -0.3 is 5.32 Å². The number of aryl methyl sites for hydroxylation is 3. The molecule has 2 aromatic heterocycles. The second kappa shape index (κ2) is 6.34. The van der Waals surface area contributed by atoms with Crippen LogP contribution in [0.2, 0.25) is 0 Å². The monoisotopic (exact) mass is 327 g/mol. The normalized spacial score (nSPS) is 15.4. The van der Waals surface area contributed by atoms with Crippen molar-refractivity contribution >= 4 is 5.91 Å². The highest BCUT2D eigenvalue weighted by molar-refractivity contribution is 5.79. The Kier molecular flexibility index (Phi) is 4.39. The van der Waals surface area contributed by atoms with Crippen molar-refractivity contribution < 1.29 is 4.79 Å². The lowest BCUT2D eigenvalue weighted by Crippen LogP contribution is -2.35. The Bertz CT molecular complexity index is 756. The van der Waals surface area contributed by atoms with E-state index in [1.807, 2.05) is 33.8 Å². The number of carbonyl (C=O) groups excluding carboxylic acids is 1. The summed E-state index contributed by atoms with van der Waals surface area (Å²) >= 11 is 0. The predicted molar refractivity (Wildman–Crippen MR) is 92.1 cm³/mol. The minimum atomic E-state index is 0.0569. The highest BCUT2D eigenvalue weighted by Crippen LogP contribution is 2.32. The van der Waals surface area contributed by atoms with Crippen LogP contribution in [0.25, 0.3) is 5.95 Å². The molecule has 1 atom stereocenters. The topological polar surface area (TPSA) is 72.7 Å². The Morgan fingerprint density at radius 1 is 1.25 bits per heavy atom. The smallest absolute Gasteiger partial charge is 0.251 e. The second-order valence-electron chi connectivity index (χ2n) is 6.88. The van der Waals surface area contributed by atoms with Gasteiger partial charge in [-0.15, -0.1) is 0 Å². The van der Waals surface area contributed by atoms with E-state index < -0.39 is 0 Å². The molecule has 6 nitrogen and oxygen atoms in total. The summed E-state index contributed by atoms with van der Waals surface area (Å²) in [5.41, 5.74) is 4.54. The van der Waals surface area contributed by atoms with E-state index in [1.165, 1.54) is 12.8 Å². The van der Waals surface area contributed by atoms with E-state index >= 15 is 0 Å². The summed E-state index contributed by atoms with van der Waals surface area (Å²) in [5, 5.41) is 7.66. The molecule has 0 spiro atoms. The van der Waals surface area contributed by atoms with Gasteiger partial charge in [-0.05, 0) is 59.4 Å². The van der Waals surface area contributed by atoms with E-state index in [4.69, 9.17) is 0 Å². The van der Waals surface area contributed by atoms with Crippen molar-refractivity contribution in [2.45, 2.75) is 59.9 Å². The minimum absolute atomic E-state index is 0.0569. The van der Waals surface area contributed by atoms with Crippen LogP contribution in [-0.2, 0) is 11.2 Å². The number of rotatable bonds is 5. The average Bonchev–Trinajstić information content (AvgIpc) is 3.29. The summed E-state index contributed by atoms with van der Waals surface area (Å²) in [6.07, 6.45) is 2.79. The highest BCUT2D eigenvalue weighted by Gasteiger charge is 2.29. The summed E-state index contributed by atoms with van der Waals surface area (Å²) in [6, 6.07) is 2.19. The van der Waals surface area contributed by atoms with Crippen LogP contribution in [0.4, 0.5) is 0 Å². The highest BCUT2D eigenvalue weighted by atomic mass is 16.1. The summed E-state index contributed by atoms with van der Waals surface area (Å²) in [6.45, 7) is 9.87. The van der Waals surface area contributed by atoms with Crippen molar-refractivity contribution in [1.82, 2.24) is 25.1 Å². The first kappa shape index (κ1) is 16.6. The van der Waals surface area contributed by atoms with Gasteiger partial charge in [0.2, 0.25) is 5.91 Å². The predicted octanol–water partition coefficient (Wildman–Crippen LogP) is 2.35. The summed E-state index contributed by atoms with van der Waals surface area (Å²) in [5.74, 6) is 1.27. The van der Waals surface area contributed by atoms with E-state index in [-0.39, 0.29) is 11.9 Å². The maximum Gasteiger partial charge on any atom is 0.251 e. The maximum atomic E-state index is 12.3. The SMILES string of the molecule is Cc1cc(C)nc(-n2nc(C)c(CC(=O)N[C@H](C)C3CC3)c2C)n1. The Labute approximate surface area is 142 Å². The fourth-order valence-corrected chi connectivity index (χ4v) is 3.11. The van der Waals surface area contributed by atoms with Crippen LogP contribution < -0.4 is 5.32 Å². The Morgan fingerprint density at radius 2 is 1.88 bits per heavy atom. The average molecular weight is 327 g/mol.